The molecular formula is C43H52N4O7. The molecule has 1 aliphatic heterocycles. The number of pyridine rings is 1. The first-order chi connectivity index (χ1) is 25.9. The van der Waals surface area contributed by atoms with Gasteiger partial charge in [0.1, 0.15) is 36.4 Å². The molecule has 0 radical (unpaired) electrons. The molecule has 5 rings (SSSR count). The van der Waals surface area contributed by atoms with Crippen molar-refractivity contribution in [1.82, 2.24) is 9.88 Å². The number of allylic oxidation sites excluding steroid dienone is 2. The lowest BCUT2D eigenvalue weighted by atomic mass is 9.83. The number of amides is 1. The summed E-state index contributed by atoms with van der Waals surface area (Å²) in [5.74, 6) is 1.56. The van der Waals surface area contributed by atoms with Crippen LogP contribution >= 0.6 is 0 Å². The second kappa shape index (κ2) is 18.3. The normalized spacial score (nSPS) is 18.2. The third kappa shape index (κ3) is 10.6. The van der Waals surface area contributed by atoms with E-state index in [-0.39, 0.29) is 56.1 Å². The molecule has 286 valence electrons. The molecule has 11 heteroatoms. The lowest BCUT2D eigenvalue weighted by Crippen LogP contribution is -2.35. The molecule has 2 aliphatic rings. The predicted molar refractivity (Wildman–Crippen MR) is 207 cm³/mol. The number of benzene rings is 2. The van der Waals surface area contributed by atoms with Gasteiger partial charge in [0.25, 0.3) is 0 Å². The number of rotatable bonds is 14. The van der Waals surface area contributed by atoms with E-state index in [0.717, 1.165) is 39.8 Å². The summed E-state index contributed by atoms with van der Waals surface area (Å²) in [5, 5.41) is 28.3. The minimum Gasteiger partial charge on any atom is -0.488 e. The molecule has 2 heterocycles. The lowest BCUT2D eigenvalue weighted by molar-refractivity contribution is 0.0234. The Hall–Kier alpha value is -5.02. The van der Waals surface area contributed by atoms with E-state index in [2.05, 4.69) is 66.3 Å². The van der Waals surface area contributed by atoms with Crippen LogP contribution in [0.4, 0.5) is 4.79 Å². The zero-order chi connectivity index (χ0) is 38.8. The van der Waals surface area contributed by atoms with Gasteiger partial charge in [-0.15, -0.1) is 0 Å². The Morgan fingerprint density at radius 2 is 1.83 bits per heavy atom. The molecule has 0 spiro atoms. The van der Waals surface area contributed by atoms with E-state index in [9.17, 15) is 20.3 Å². The number of aliphatic hydroxyl groups is 2. The van der Waals surface area contributed by atoms with Crippen molar-refractivity contribution in [3.8, 4) is 17.6 Å². The van der Waals surface area contributed by atoms with Crippen molar-refractivity contribution in [2.24, 2.45) is 16.8 Å². The second-order valence-electron chi connectivity index (χ2n) is 15.0. The van der Waals surface area contributed by atoms with Crippen molar-refractivity contribution in [2.75, 3.05) is 32.9 Å². The fourth-order valence-electron chi connectivity index (χ4n) is 6.59. The number of nitriles is 1. The first-order valence-corrected chi connectivity index (χ1v) is 18.4. The molecule has 1 aromatic heterocycles. The molecule has 1 fully saturated rings. The average molecular weight is 737 g/mol. The van der Waals surface area contributed by atoms with Crippen molar-refractivity contribution in [3.63, 3.8) is 0 Å². The van der Waals surface area contributed by atoms with Crippen molar-refractivity contribution in [1.29, 1.82) is 5.26 Å². The number of ether oxygens (including phenoxy) is 4. The van der Waals surface area contributed by atoms with Gasteiger partial charge in [-0.2, -0.15) is 5.26 Å². The zero-order valence-electron chi connectivity index (χ0n) is 32.2. The number of carbonyl (C=O) groups excluding carboxylic acids is 1. The summed E-state index contributed by atoms with van der Waals surface area (Å²) in [6.45, 7) is 13.8. The Morgan fingerprint density at radius 1 is 1.06 bits per heavy atom. The molecule has 2 unspecified atom stereocenters. The third-order valence-electron chi connectivity index (χ3n) is 9.68. The number of likely N-dealkylation sites (tertiary alicyclic amines) is 1. The average Bonchev–Trinajstić information content (AvgIpc) is 3.63. The summed E-state index contributed by atoms with van der Waals surface area (Å²) in [6, 6.07) is 13.9. The van der Waals surface area contributed by atoms with Gasteiger partial charge in [0.15, 0.2) is 0 Å². The monoisotopic (exact) mass is 736 g/mol. The molecule has 2 N–H and O–H groups in total. The van der Waals surface area contributed by atoms with Crippen LogP contribution in [-0.4, -0.2) is 76.5 Å². The third-order valence-corrected chi connectivity index (χ3v) is 9.68. The molecule has 2 aromatic carbocycles. The number of hydrogen-bond acceptors (Lipinski definition) is 10. The zero-order valence-corrected chi connectivity index (χ0v) is 32.2. The topological polar surface area (TPSA) is 147 Å². The number of aryl methyl sites for hydroxylation is 1. The summed E-state index contributed by atoms with van der Waals surface area (Å²) in [7, 11) is 0. The van der Waals surface area contributed by atoms with Gasteiger partial charge in [0.05, 0.1) is 43.7 Å². The molecule has 0 saturated carbocycles. The summed E-state index contributed by atoms with van der Waals surface area (Å²) in [6.07, 6.45) is 10.0. The maximum atomic E-state index is 12.6. The van der Waals surface area contributed by atoms with Crippen molar-refractivity contribution < 1.29 is 34.0 Å². The summed E-state index contributed by atoms with van der Waals surface area (Å²) >= 11 is 0. The fourth-order valence-corrected chi connectivity index (χ4v) is 6.59. The van der Waals surface area contributed by atoms with Gasteiger partial charge in [-0.25, -0.2) is 4.79 Å². The standard InChI is InChI=1S/C43H52N4O7/c1-28-15-35(21-46-36(23-48)24-49)41(52-26-33-16-32(18-44)19-45-20-33)17-40(28)53-27-34-9-7-10-37(29(34)2)38-11-8-12-39(30(38)3)51-25-31-13-14-47(22-31)42(50)54-43(4,5)6/h7-12,15-17,19-20,30-31,39,48-49H,13-14,21-27H2,1-6H3/t30?,31-,39?/m0/s1. The van der Waals surface area contributed by atoms with E-state index in [0.29, 0.717) is 43.4 Å². The van der Waals surface area contributed by atoms with Crippen LogP contribution in [0.25, 0.3) is 5.57 Å². The lowest BCUT2D eigenvalue weighted by Gasteiger charge is -2.29. The molecule has 3 aromatic rings. The van der Waals surface area contributed by atoms with E-state index in [1.54, 1.807) is 17.2 Å². The fraction of sp³-hybridized carbons (Fsp3) is 0.442. The van der Waals surface area contributed by atoms with Crippen LogP contribution in [0.1, 0.15) is 73.1 Å². The first-order valence-electron chi connectivity index (χ1n) is 18.4. The van der Waals surface area contributed by atoms with Crippen LogP contribution in [0.2, 0.25) is 0 Å². The summed E-state index contributed by atoms with van der Waals surface area (Å²) in [4.78, 5) is 22.8. The number of aliphatic hydroxyl groups excluding tert-OH is 2. The number of nitrogens with zero attached hydrogens (tertiary/aromatic N) is 4. The predicted octanol–water partition coefficient (Wildman–Crippen LogP) is 6.89. The highest BCUT2D eigenvalue weighted by atomic mass is 16.6. The van der Waals surface area contributed by atoms with Gasteiger partial charge in [-0.3, -0.25) is 9.98 Å². The Bertz CT molecular complexity index is 1920. The van der Waals surface area contributed by atoms with Gasteiger partial charge in [-0.05, 0) is 81.0 Å². The van der Waals surface area contributed by atoms with Gasteiger partial charge >= 0.3 is 6.09 Å². The first kappa shape index (κ1) is 40.2. The Labute approximate surface area is 318 Å². The van der Waals surface area contributed by atoms with E-state index in [1.165, 1.54) is 11.8 Å². The van der Waals surface area contributed by atoms with Crippen molar-refractivity contribution in [3.05, 3.63) is 106 Å². The Morgan fingerprint density at radius 3 is 2.57 bits per heavy atom. The molecule has 0 bridgehead atoms. The van der Waals surface area contributed by atoms with Crippen LogP contribution in [-0.2, 0) is 29.2 Å². The smallest absolute Gasteiger partial charge is 0.410 e. The van der Waals surface area contributed by atoms with Gasteiger partial charge in [0.2, 0.25) is 0 Å². The summed E-state index contributed by atoms with van der Waals surface area (Å²) in [5.41, 5.74) is 7.09. The second-order valence-corrected chi connectivity index (χ2v) is 15.0. The Balaban J connectivity index is 1.26. The van der Waals surface area contributed by atoms with Crippen LogP contribution in [0, 0.1) is 37.0 Å². The van der Waals surface area contributed by atoms with E-state index >= 15 is 0 Å². The van der Waals surface area contributed by atoms with E-state index in [1.807, 2.05) is 39.8 Å². The van der Waals surface area contributed by atoms with Gasteiger partial charge < -0.3 is 34.1 Å². The quantitative estimate of drug-likeness (QED) is 0.169. The molecule has 54 heavy (non-hydrogen) atoms. The van der Waals surface area contributed by atoms with Crippen LogP contribution in [0.15, 0.2) is 72.0 Å². The molecule has 11 nitrogen and oxygen atoms in total. The highest BCUT2D eigenvalue weighted by Crippen LogP contribution is 2.36. The maximum Gasteiger partial charge on any atom is 0.410 e. The molecule has 1 saturated heterocycles. The minimum absolute atomic E-state index is 0.0900. The number of carbonyl (C=O) groups is 1. The van der Waals surface area contributed by atoms with Gasteiger partial charge in [-0.1, -0.05) is 43.4 Å². The molecular weight excluding hydrogens is 684 g/mol. The highest BCUT2D eigenvalue weighted by Gasteiger charge is 2.31. The van der Waals surface area contributed by atoms with Gasteiger partial charge in [0, 0.05) is 54.5 Å². The highest BCUT2D eigenvalue weighted by molar-refractivity contribution is 5.86. The van der Waals surface area contributed by atoms with Crippen LogP contribution in [0.3, 0.4) is 0 Å². The molecule has 1 amide bonds. The SMILES string of the molecule is Cc1cc(CN=C(CO)CO)c(OCc2cncc(C#N)c2)cc1OCc1cccc(C2=CC=CC(OC[C@H]3CCN(C(=O)OC(C)(C)C)C3)C2C)c1C. The van der Waals surface area contributed by atoms with Crippen LogP contribution in [0.5, 0.6) is 11.5 Å². The van der Waals surface area contributed by atoms with E-state index in [4.69, 9.17) is 18.9 Å². The maximum absolute atomic E-state index is 12.6. The van der Waals surface area contributed by atoms with Crippen molar-refractivity contribution in [2.45, 2.75) is 79.4 Å². The molecule has 3 atom stereocenters. The van der Waals surface area contributed by atoms with Crippen LogP contribution < -0.4 is 9.47 Å². The minimum atomic E-state index is -0.517. The number of aliphatic imine (C=N–C) groups is 1. The molecule has 1 aliphatic carbocycles. The number of aromatic nitrogens is 1. The summed E-state index contributed by atoms with van der Waals surface area (Å²) < 4.78 is 24.7. The van der Waals surface area contributed by atoms with E-state index < -0.39 is 5.60 Å². The Kier molecular flexibility index (Phi) is 13.6. The van der Waals surface area contributed by atoms with Crippen molar-refractivity contribution >= 4 is 17.4 Å². The number of hydrogen-bond donors (Lipinski definition) is 2. The largest absolute Gasteiger partial charge is 0.488 e.